The molecule has 0 N–H and O–H groups in total. The van der Waals surface area contributed by atoms with Gasteiger partial charge in [-0.05, 0) is 36.3 Å². The van der Waals surface area contributed by atoms with Crippen molar-refractivity contribution in [3.05, 3.63) is 56.7 Å². The van der Waals surface area contributed by atoms with Crippen molar-refractivity contribution < 1.29 is 9.53 Å². The van der Waals surface area contributed by atoms with Crippen LogP contribution in [0.2, 0.25) is 0 Å². The van der Waals surface area contributed by atoms with E-state index in [1.807, 2.05) is 30.3 Å². The zero-order valence-corrected chi connectivity index (χ0v) is 17.6. The van der Waals surface area contributed by atoms with E-state index in [0.717, 1.165) is 35.0 Å². The molecule has 1 atom stereocenters. The molecule has 146 valence electrons. The molecule has 5 nitrogen and oxygen atoms in total. The van der Waals surface area contributed by atoms with Gasteiger partial charge in [0.05, 0.1) is 24.8 Å². The van der Waals surface area contributed by atoms with Crippen LogP contribution in [0, 0.1) is 5.92 Å². The predicted molar refractivity (Wildman–Crippen MR) is 113 cm³/mol. The summed E-state index contributed by atoms with van der Waals surface area (Å²) in [6, 6.07) is 9.87. The van der Waals surface area contributed by atoms with Crippen molar-refractivity contribution in [3.8, 4) is 0 Å². The van der Waals surface area contributed by atoms with Gasteiger partial charge in [0.15, 0.2) is 5.16 Å². The van der Waals surface area contributed by atoms with Gasteiger partial charge in [0, 0.05) is 4.88 Å². The Bertz CT molecular complexity index is 1070. The van der Waals surface area contributed by atoms with Crippen LogP contribution in [0.3, 0.4) is 0 Å². The number of methoxy groups -OCH3 is 1. The van der Waals surface area contributed by atoms with Crippen LogP contribution >= 0.6 is 23.1 Å². The van der Waals surface area contributed by atoms with Gasteiger partial charge < -0.3 is 4.74 Å². The van der Waals surface area contributed by atoms with Gasteiger partial charge in [-0.15, -0.1) is 11.3 Å². The highest BCUT2D eigenvalue weighted by atomic mass is 32.2. The Morgan fingerprint density at radius 2 is 2.14 bits per heavy atom. The van der Waals surface area contributed by atoms with Crippen molar-refractivity contribution in [2.24, 2.45) is 5.92 Å². The Balaban J connectivity index is 1.83. The number of fused-ring (bicyclic) bond motifs is 3. The lowest BCUT2D eigenvalue weighted by atomic mass is 9.89. The largest absolute Gasteiger partial charge is 0.468 e. The maximum atomic E-state index is 13.5. The molecule has 28 heavy (non-hydrogen) atoms. The van der Waals surface area contributed by atoms with E-state index in [0.29, 0.717) is 17.6 Å². The number of aromatic nitrogens is 2. The Hall–Kier alpha value is -2.12. The number of thiophene rings is 1. The fourth-order valence-corrected chi connectivity index (χ4v) is 5.86. The Morgan fingerprint density at radius 1 is 1.36 bits per heavy atom. The van der Waals surface area contributed by atoms with Crippen LogP contribution in [0.15, 0.2) is 40.3 Å². The number of rotatable bonds is 5. The molecule has 4 rings (SSSR count). The SMILES string of the molecule is COC(=O)CSc1nc2sc3c(c2c(=O)n1Cc1ccccc1)CCC(C)C3. The van der Waals surface area contributed by atoms with Crippen LogP contribution in [0.5, 0.6) is 0 Å². The molecular weight excluding hydrogens is 392 g/mol. The van der Waals surface area contributed by atoms with E-state index in [1.54, 1.807) is 15.9 Å². The number of carbonyl (C=O) groups is 1. The van der Waals surface area contributed by atoms with Crippen molar-refractivity contribution in [2.45, 2.75) is 37.9 Å². The number of thioether (sulfide) groups is 1. The molecule has 0 saturated heterocycles. The average Bonchev–Trinajstić information content (AvgIpc) is 3.06. The lowest BCUT2D eigenvalue weighted by Gasteiger charge is -2.17. The van der Waals surface area contributed by atoms with E-state index in [9.17, 15) is 9.59 Å². The van der Waals surface area contributed by atoms with Crippen molar-refractivity contribution in [1.82, 2.24) is 9.55 Å². The number of esters is 1. The molecule has 0 bridgehead atoms. The maximum Gasteiger partial charge on any atom is 0.316 e. The van der Waals surface area contributed by atoms with Gasteiger partial charge in [-0.25, -0.2) is 4.98 Å². The number of hydrogen-bond acceptors (Lipinski definition) is 6. The highest BCUT2D eigenvalue weighted by molar-refractivity contribution is 7.99. The maximum absolute atomic E-state index is 13.5. The topological polar surface area (TPSA) is 61.2 Å². The lowest BCUT2D eigenvalue weighted by Crippen LogP contribution is -2.25. The van der Waals surface area contributed by atoms with Crippen molar-refractivity contribution >= 4 is 39.3 Å². The molecule has 7 heteroatoms. The smallest absolute Gasteiger partial charge is 0.316 e. The fourth-order valence-electron chi connectivity index (χ4n) is 3.60. The van der Waals surface area contributed by atoms with Crippen molar-refractivity contribution in [1.29, 1.82) is 0 Å². The van der Waals surface area contributed by atoms with E-state index in [-0.39, 0.29) is 17.3 Å². The summed E-state index contributed by atoms with van der Waals surface area (Å²) >= 11 is 2.89. The van der Waals surface area contributed by atoms with Gasteiger partial charge in [0.1, 0.15) is 4.83 Å². The number of nitrogens with zero attached hydrogens (tertiary/aromatic N) is 2. The molecule has 0 saturated carbocycles. The van der Waals surface area contributed by atoms with E-state index < -0.39 is 0 Å². The summed E-state index contributed by atoms with van der Waals surface area (Å²) in [7, 11) is 1.37. The lowest BCUT2D eigenvalue weighted by molar-refractivity contribution is -0.137. The zero-order chi connectivity index (χ0) is 19.7. The minimum absolute atomic E-state index is 0.00623. The zero-order valence-electron chi connectivity index (χ0n) is 15.9. The van der Waals surface area contributed by atoms with Gasteiger partial charge in [0.2, 0.25) is 0 Å². The van der Waals surface area contributed by atoms with Crippen LogP contribution in [0.25, 0.3) is 10.2 Å². The molecule has 0 radical (unpaired) electrons. The van der Waals surface area contributed by atoms with Crippen LogP contribution in [0.1, 0.15) is 29.3 Å². The summed E-state index contributed by atoms with van der Waals surface area (Å²) in [5.74, 6) is 0.441. The molecule has 1 aliphatic carbocycles. The number of carbonyl (C=O) groups excluding carboxylic acids is 1. The first-order valence-corrected chi connectivity index (χ1v) is 11.2. The normalized spacial score (nSPS) is 16.1. The third-order valence-corrected chi connectivity index (χ3v) is 7.21. The number of ether oxygens (including phenoxy) is 1. The van der Waals surface area contributed by atoms with Crippen LogP contribution in [-0.4, -0.2) is 28.4 Å². The average molecular weight is 415 g/mol. The Morgan fingerprint density at radius 3 is 2.89 bits per heavy atom. The number of hydrogen-bond donors (Lipinski definition) is 0. The molecule has 1 aliphatic rings. The Kier molecular flexibility index (Phi) is 5.55. The summed E-state index contributed by atoms with van der Waals surface area (Å²) in [5.41, 5.74) is 2.21. The van der Waals surface area contributed by atoms with Crippen LogP contribution in [0.4, 0.5) is 0 Å². The molecule has 0 spiro atoms. The second kappa shape index (κ2) is 8.09. The predicted octanol–water partition coefficient (Wildman–Crippen LogP) is 3.90. The minimum Gasteiger partial charge on any atom is -0.468 e. The molecule has 2 aromatic heterocycles. The second-order valence-electron chi connectivity index (χ2n) is 7.17. The van der Waals surface area contributed by atoms with E-state index >= 15 is 0 Å². The van der Waals surface area contributed by atoms with Crippen molar-refractivity contribution in [3.63, 3.8) is 0 Å². The first-order valence-electron chi connectivity index (χ1n) is 9.35. The Labute approximate surface area is 171 Å². The molecule has 0 amide bonds. The molecule has 0 aliphatic heterocycles. The van der Waals surface area contributed by atoms with Crippen molar-refractivity contribution in [2.75, 3.05) is 12.9 Å². The van der Waals surface area contributed by atoms with E-state index in [1.165, 1.54) is 29.3 Å². The van der Waals surface area contributed by atoms with Gasteiger partial charge >= 0.3 is 5.97 Å². The quantitative estimate of drug-likeness (QED) is 0.360. The van der Waals surface area contributed by atoms with Gasteiger partial charge in [0.25, 0.3) is 5.56 Å². The first kappa shape index (κ1) is 19.2. The third-order valence-electron chi connectivity index (χ3n) is 5.11. The molecule has 1 aromatic carbocycles. The monoisotopic (exact) mass is 414 g/mol. The van der Waals surface area contributed by atoms with Gasteiger partial charge in [-0.1, -0.05) is 49.0 Å². The minimum atomic E-state index is -0.329. The highest BCUT2D eigenvalue weighted by Gasteiger charge is 2.25. The van der Waals surface area contributed by atoms with E-state index in [2.05, 4.69) is 6.92 Å². The highest BCUT2D eigenvalue weighted by Crippen LogP contribution is 2.36. The standard InChI is InChI=1S/C21H22N2O3S2/c1-13-8-9-15-16(10-13)28-19-18(15)20(25)23(11-14-6-4-3-5-7-14)21(22-19)27-12-17(24)26-2/h3-7,13H,8-12H2,1-2H3. The van der Waals surface area contributed by atoms with Gasteiger partial charge in [-0.3, -0.25) is 14.2 Å². The fraction of sp³-hybridized carbons (Fsp3) is 0.381. The molecule has 3 aromatic rings. The molecule has 1 unspecified atom stereocenters. The summed E-state index contributed by atoms with van der Waals surface area (Å²) < 4.78 is 6.46. The number of aryl methyl sites for hydroxylation is 1. The van der Waals surface area contributed by atoms with E-state index in [4.69, 9.17) is 9.72 Å². The second-order valence-corrected chi connectivity index (χ2v) is 9.19. The van der Waals surface area contributed by atoms with Crippen LogP contribution < -0.4 is 5.56 Å². The van der Waals surface area contributed by atoms with Crippen LogP contribution in [-0.2, 0) is 28.9 Å². The first-order chi connectivity index (χ1) is 13.6. The molecule has 2 heterocycles. The summed E-state index contributed by atoms with van der Waals surface area (Å²) in [5, 5.41) is 1.34. The summed E-state index contributed by atoms with van der Waals surface area (Å²) in [6.07, 6.45) is 3.06. The molecule has 0 fully saturated rings. The third kappa shape index (κ3) is 3.73. The van der Waals surface area contributed by atoms with Gasteiger partial charge in [-0.2, -0.15) is 0 Å². The number of benzene rings is 1. The molecular formula is C21H22N2O3S2. The summed E-state index contributed by atoms with van der Waals surface area (Å²) in [6.45, 7) is 2.69. The summed E-state index contributed by atoms with van der Waals surface area (Å²) in [4.78, 5) is 32.0.